The molecule has 0 radical (unpaired) electrons. The zero-order valence-corrected chi connectivity index (χ0v) is 17.5. The lowest BCUT2D eigenvalue weighted by Crippen LogP contribution is -2.44. The Labute approximate surface area is 172 Å². The molecule has 2 aliphatic heterocycles. The molecule has 156 valence electrons. The number of H-pyrrole nitrogens is 2. The van der Waals surface area contributed by atoms with Gasteiger partial charge in [-0.15, -0.1) is 0 Å². The maximum atomic E-state index is 11.6. The van der Waals surface area contributed by atoms with Crippen LogP contribution in [-0.2, 0) is 13.1 Å². The van der Waals surface area contributed by atoms with Crippen LogP contribution in [0.2, 0.25) is 0 Å². The number of nitrogens with one attached hydrogen (secondary N) is 2. The zero-order valence-electron chi connectivity index (χ0n) is 17.5. The summed E-state index contributed by atoms with van der Waals surface area (Å²) in [5.74, 6) is 0.571. The Bertz CT molecular complexity index is 918. The molecule has 0 aliphatic carbocycles. The molecule has 2 N–H and O–H groups in total. The van der Waals surface area contributed by atoms with E-state index in [1.807, 2.05) is 0 Å². The van der Waals surface area contributed by atoms with Crippen molar-refractivity contribution in [2.75, 3.05) is 26.2 Å². The topological polar surface area (TPSA) is 72.2 Å². The molecule has 3 heterocycles. The van der Waals surface area contributed by atoms with Gasteiger partial charge in [-0.25, -0.2) is 4.79 Å². The average Bonchev–Trinajstić information content (AvgIpc) is 3.03. The summed E-state index contributed by atoms with van der Waals surface area (Å²) in [5.41, 5.74) is 3.07. The summed E-state index contributed by atoms with van der Waals surface area (Å²) in [6.07, 6.45) is 3.68. The second kappa shape index (κ2) is 8.28. The van der Waals surface area contributed by atoms with Crippen molar-refractivity contribution in [2.45, 2.75) is 52.1 Å². The first-order valence-corrected chi connectivity index (χ1v) is 10.8. The van der Waals surface area contributed by atoms with E-state index in [9.17, 15) is 9.59 Å². The molecule has 2 saturated heterocycles. The van der Waals surface area contributed by atoms with Crippen molar-refractivity contribution in [3.63, 3.8) is 0 Å². The van der Waals surface area contributed by atoms with Crippen LogP contribution in [-0.4, -0.2) is 45.9 Å². The number of likely N-dealkylation sites (tertiary alicyclic amines) is 2. The van der Waals surface area contributed by atoms with Crippen LogP contribution in [0.25, 0.3) is 0 Å². The molecule has 2 aliphatic rings. The second-order valence-electron chi connectivity index (χ2n) is 9.28. The van der Waals surface area contributed by atoms with Crippen molar-refractivity contribution in [3.05, 3.63) is 68.0 Å². The van der Waals surface area contributed by atoms with Crippen LogP contribution in [0, 0.1) is 5.41 Å². The third kappa shape index (κ3) is 4.87. The number of rotatable bonds is 5. The largest absolute Gasteiger partial charge is 0.325 e. The Morgan fingerprint density at radius 1 is 0.966 bits per heavy atom. The van der Waals surface area contributed by atoms with Crippen molar-refractivity contribution in [1.82, 2.24) is 19.8 Å². The SMILES string of the molecule is CC(C)c1ccc(CN2CCC[C@@]3(CCN(Cc4cc(=O)[nH]c(=O)[nH]4)C3)C2)cc1. The van der Waals surface area contributed by atoms with Gasteiger partial charge in [0.2, 0.25) is 0 Å². The fourth-order valence-corrected chi connectivity index (χ4v) is 5.05. The fraction of sp³-hybridized carbons (Fsp3) is 0.565. The monoisotopic (exact) mass is 396 g/mol. The van der Waals surface area contributed by atoms with E-state index < -0.39 is 5.69 Å². The van der Waals surface area contributed by atoms with Gasteiger partial charge in [0.15, 0.2) is 0 Å². The Balaban J connectivity index is 1.37. The summed E-state index contributed by atoms with van der Waals surface area (Å²) < 4.78 is 0. The van der Waals surface area contributed by atoms with Gasteiger partial charge in [-0.2, -0.15) is 0 Å². The van der Waals surface area contributed by atoms with E-state index in [0.717, 1.165) is 32.7 Å². The molecule has 1 atom stereocenters. The van der Waals surface area contributed by atoms with Crippen LogP contribution < -0.4 is 11.2 Å². The fourth-order valence-electron chi connectivity index (χ4n) is 5.05. The maximum absolute atomic E-state index is 11.6. The number of piperidine rings is 1. The lowest BCUT2D eigenvalue weighted by atomic mass is 9.79. The van der Waals surface area contributed by atoms with E-state index in [1.54, 1.807) is 0 Å². The molecule has 0 amide bonds. The summed E-state index contributed by atoms with van der Waals surface area (Å²) in [7, 11) is 0. The summed E-state index contributed by atoms with van der Waals surface area (Å²) in [5, 5.41) is 0. The van der Waals surface area contributed by atoms with Crippen LogP contribution in [0.5, 0.6) is 0 Å². The molecule has 1 spiro atoms. The number of benzene rings is 1. The Morgan fingerprint density at radius 3 is 2.38 bits per heavy atom. The number of hydrogen-bond donors (Lipinski definition) is 2. The maximum Gasteiger partial charge on any atom is 0.325 e. The molecule has 2 aromatic rings. The number of nitrogens with zero attached hydrogens (tertiary/aromatic N) is 2. The highest BCUT2D eigenvalue weighted by molar-refractivity contribution is 5.24. The van der Waals surface area contributed by atoms with E-state index in [2.05, 4.69) is 57.9 Å². The third-order valence-corrected chi connectivity index (χ3v) is 6.52. The predicted octanol–water partition coefficient (Wildman–Crippen LogP) is 2.67. The normalized spacial score (nSPS) is 23.3. The molecule has 29 heavy (non-hydrogen) atoms. The predicted molar refractivity (Wildman–Crippen MR) is 115 cm³/mol. The Kier molecular flexibility index (Phi) is 5.74. The van der Waals surface area contributed by atoms with E-state index >= 15 is 0 Å². The minimum atomic E-state index is -0.422. The van der Waals surface area contributed by atoms with Gasteiger partial charge in [0, 0.05) is 37.9 Å². The molecule has 1 aromatic carbocycles. The van der Waals surface area contributed by atoms with E-state index in [-0.39, 0.29) is 5.56 Å². The molecule has 6 nitrogen and oxygen atoms in total. The Hall–Kier alpha value is -2.18. The quantitative estimate of drug-likeness (QED) is 0.815. The first-order chi connectivity index (χ1) is 13.9. The summed E-state index contributed by atoms with van der Waals surface area (Å²) in [4.78, 5) is 33.1. The lowest BCUT2D eigenvalue weighted by Gasteiger charge is -2.40. The minimum absolute atomic E-state index is 0.329. The lowest BCUT2D eigenvalue weighted by molar-refractivity contribution is 0.0864. The van der Waals surface area contributed by atoms with Crippen molar-refractivity contribution in [2.24, 2.45) is 5.41 Å². The van der Waals surface area contributed by atoms with E-state index in [1.165, 1.54) is 36.5 Å². The summed E-state index contributed by atoms with van der Waals surface area (Å²) in [6.45, 7) is 10.5. The molecule has 4 rings (SSSR count). The number of aromatic nitrogens is 2. The van der Waals surface area contributed by atoms with E-state index in [0.29, 0.717) is 23.6 Å². The third-order valence-electron chi connectivity index (χ3n) is 6.52. The first kappa shape index (κ1) is 20.1. The van der Waals surface area contributed by atoms with Gasteiger partial charge in [0.05, 0.1) is 0 Å². The highest BCUT2D eigenvalue weighted by Gasteiger charge is 2.41. The van der Waals surface area contributed by atoms with Crippen LogP contribution in [0.4, 0.5) is 0 Å². The van der Waals surface area contributed by atoms with Crippen molar-refractivity contribution in [1.29, 1.82) is 0 Å². The van der Waals surface area contributed by atoms with E-state index in [4.69, 9.17) is 0 Å². The van der Waals surface area contributed by atoms with Gasteiger partial charge in [0.1, 0.15) is 0 Å². The highest BCUT2D eigenvalue weighted by atomic mass is 16.2. The highest BCUT2D eigenvalue weighted by Crippen LogP contribution is 2.39. The summed E-state index contributed by atoms with van der Waals surface area (Å²) in [6, 6.07) is 10.6. The smallest absolute Gasteiger partial charge is 0.310 e. The van der Waals surface area contributed by atoms with Gasteiger partial charge < -0.3 is 4.98 Å². The van der Waals surface area contributed by atoms with Crippen LogP contribution in [0.15, 0.2) is 39.9 Å². The summed E-state index contributed by atoms with van der Waals surface area (Å²) >= 11 is 0. The first-order valence-electron chi connectivity index (χ1n) is 10.8. The van der Waals surface area contributed by atoms with Crippen LogP contribution >= 0.6 is 0 Å². The molecular weight excluding hydrogens is 364 g/mol. The van der Waals surface area contributed by atoms with Crippen molar-refractivity contribution < 1.29 is 0 Å². The molecule has 1 aromatic heterocycles. The standard InChI is InChI=1S/C23H32N4O2/c1-17(2)19-6-4-18(5-7-19)13-26-10-3-8-23(15-26)9-11-27(16-23)14-20-12-21(28)25-22(29)24-20/h4-7,12,17H,3,8-11,13-16H2,1-2H3,(H2,24,25,28,29)/t23-/m1/s1. The molecule has 0 bridgehead atoms. The van der Waals surface area contributed by atoms with Gasteiger partial charge in [-0.3, -0.25) is 19.6 Å². The van der Waals surface area contributed by atoms with Crippen LogP contribution in [0.3, 0.4) is 0 Å². The molecular formula is C23H32N4O2. The number of hydrogen-bond acceptors (Lipinski definition) is 4. The van der Waals surface area contributed by atoms with Crippen molar-refractivity contribution >= 4 is 0 Å². The zero-order chi connectivity index (χ0) is 20.4. The molecule has 0 saturated carbocycles. The van der Waals surface area contributed by atoms with Gasteiger partial charge in [-0.05, 0) is 54.8 Å². The van der Waals surface area contributed by atoms with Crippen molar-refractivity contribution in [3.8, 4) is 0 Å². The van der Waals surface area contributed by atoms with Crippen LogP contribution in [0.1, 0.15) is 55.8 Å². The molecule has 0 unspecified atom stereocenters. The number of aromatic amines is 2. The van der Waals surface area contributed by atoms with Gasteiger partial charge >= 0.3 is 5.69 Å². The minimum Gasteiger partial charge on any atom is -0.310 e. The Morgan fingerprint density at radius 2 is 1.69 bits per heavy atom. The van der Waals surface area contributed by atoms with Gasteiger partial charge in [0.25, 0.3) is 5.56 Å². The van der Waals surface area contributed by atoms with Gasteiger partial charge in [-0.1, -0.05) is 38.1 Å². The average molecular weight is 397 g/mol. The molecule has 6 heteroatoms. The second-order valence-corrected chi connectivity index (χ2v) is 9.28. The molecule has 2 fully saturated rings.